The third-order valence-electron chi connectivity index (χ3n) is 6.58. The zero-order valence-electron chi connectivity index (χ0n) is 18.3. The molecular formula is C25H28N3O3+. The van der Waals surface area contributed by atoms with Crippen LogP contribution in [0.3, 0.4) is 0 Å². The Morgan fingerprint density at radius 1 is 1.19 bits per heavy atom. The molecule has 3 aromatic rings. The highest BCUT2D eigenvalue weighted by Gasteiger charge is 2.36. The maximum absolute atomic E-state index is 6.53. The number of methoxy groups -OCH3 is 1. The Balaban J connectivity index is 1.56. The molecule has 6 nitrogen and oxygen atoms in total. The Hall–Kier alpha value is -2.99. The standard InChI is InChI=1S/C25H27N3O3/c1-25(2)10-9-16-20(31-25)15-18-21-22(26-28(18)14-13-27-11-4-5-12-27)17-7-6-8-19(29-3)23(17)30-24(16)21/h6-10,15H,4-5,11-14H2,1-3H3/p+1. The van der Waals surface area contributed by atoms with Gasteiger partial charge in [-0.2, -0.15) is 5.10 Å². The second kappa shape index (κ2) is 6.76. The summed E-state index contributed by atoms with van der Waals surface area (Å²) in [5.74, 6) is 3.17. The largest absolute Gasteiger partial charge is 0.493 e. The Labute approximate surface area is 182 Å². The second-order valence-electron chi connectivity index (χ2n) is 9.18. The molecule has 0 unspecified atom stereocenters. The molecule has 160 valence electrons. The summed E-state index contributed by atoms with van der Waals surface area (Å²) >= 11 is 0. The first-order valence-electron chi connectivity index (χ1n) is 11.1. The first-order chi connectivity index (χ1) is 15.0. The van der Waals surface area contributed by atoms with Crippen molar-refractivity contribution >= 4 is 17.0 Å². The molecule has 0 saturated carbocycles. The van der Waals surface area contributed by atoms with Gasteiger partial charge in [0.15, 0.2) is 23.8 Å². The van der Waals surface area contributed by atoms with Crippen LogP contribution in [-0.2, 0) is 6.54 Å². The zero-order chi connectivity index (χ0) is 21.2. The fraction of sp³-hybridized carbons (Fsp3) is 0.400. The van der Waals surface area contributed by atoms with Crippen LogP contribution >= 0.6 is 0 Å². The van der Waals surface area contributed by atoms with Gasteiger partial charge in [0.05, 0.1) is 30.8 Å². The number of hydrogen-bond donors (Lipinski definition) is 1. The number of ether oxygens (including phenoxy) is 3. The van der Waals surface area contributed by atoms with E-state index in [1.165, 1.54) is 25.9 Å². The number of nitrogens with zero attached hydrogens (tertiary/aromatic N) is 2. The molecule has 3 aliphatic heterocycles. The van der Waals surface area contributed by atoms with E-state index in [-0.39, 0.29) is 5.60 Å². The molecule has 1 aromatic heterocycles. The summed E-state index contributed by atoms with van der Waals surface area (Å²) in [6.45, 7) is 8.46. The number of fused-ring (bicyclic) bond motifs is 4. The summed E-state index contributed by atoms with van der Waals surface area (Å²) < 4.78 is 20.7. The van der Waals surface area contributed by atoms with E-state index in [9.17, 15) is 0 Å². The van der Waals surface area contributed by atoms with Crippen LogP contribution in [0, 0.1) is 0 Å². The number of para-hydroxylation sites is 1. The van der Waals surface area contributed by atoms with Crippen molar-refractivity contribution in [3.63, 3.8) is 0 Å². The van der Waals surface area contributed by atoms with Crippen LogP contribution in [0.2, 0.25) is 0 Å². The molecular weight excluding hydrogens is 390 g/mol. The Bertz CT molecular complexity index is 1220. The molecule has 0 amide bonds. The summed E-state index contributed by atoms with van der Waals surface area (Å²) in [7, 11) is 1.68. The summed E-state index contributed by atoms with van der Waals surface area (Å²) in [5, 5.41) is 4.79. The molecule has 31 heavy (non-hydrogen) atoms. The fourth-order valence-electron chi connectivity index (χ4n) is 4.99. The molecule has 1 fully saturated rings. The van der Waals surface area contributed by atoms with Crippen LogP contribution in [0.15, 0.2) is 30.3 Å². The number of rotatable bonds is 4. The molecule has 0 spiro atoms. The van der Waals surface area contributed by atoms with Crippen LogP contribution < -0.4 is 18.9 Å². The van der Waals surface area contributed by atoms with Gasteiger partial charge < -0.3 is 14.2 Å². The average molecular weight is 419 g/mol. The minimum atomic E-state index is -0.350. The van der Waals surface area contributed by atoms with Gasteiger partial charge in [0, 0.05) is 0 Å². The van der Waals surface area contributed by atoms with Crippen LogP contribution in [-0.4, -0.2) is 42.3 Å². The number of nitrogens with one attached hydrogen (secondary N) is 1. The zero-order valence-corrected chi connectivity index (χ0v) is 18.3. The van der Waals surface area contributed by atoms with Crippen molar-refractivity contribution in [3.05, 3.63) is 35.9 Å². The highest BCUT2D eigenvalue weighted by Crippen LogP contribution is 2.53. The average Bonchev–Trinajstić information content (AvgIpc) is 3.40. The van der Waals surface area contributed by atoms with Crippen molar-refractivity contribution in [3.8, 4) is 34.3 Å². The predicted octanol–water partition coefficient (Wildman–Crippen LogP) is 4.52. The SMILES string of the molecule is COc1cccc2c1Oc1c3c(cc4c1c-2[nH][n+]4CCN1CCCC1)OC(C)(C)C=C3. The number of likely N-dealkylation sites (tertiary alicyclic amines) is 1. The molecule has 6 heteroatoms. The molecule has 4 heterocycles. The van der Waals surface area contributed by atoms with Crippen molar-refractivity contribution in [1.29, 1.82) is 0 Å². The lowest BCUT2D eigenvalue weighted by Crippen LogP contribution is -2.41. The van der Waals surface area contributed by atoms with Gasteiger partial charge in [-0.15, -0.1) is 4.68 Å². The van der Waals surface area contributed by atoms with Gasteiger partial charge in [0.1, 0.15) is 22.4 Å². The van der Waals surface area contributed by atoms with Crippen molar-refractivity contribution in [2.45, 2.75) is 38.8 Å². The summed E-state index contributed by atoms with van der Waals surface area (Å²) in [4.78, 5) is 2.54. The monoisotopic (exact) mass is 418 g/mol. The van der Waals surface area contributed by atoms with E-state index in [2.05, 4.69) is 52.8 Å². The first-order valence-corrected chi connectivity index (χ1v) is 11.1. The smallest absolute Gasteiger partial charge is 0.246 e. The minimum Gasteiger partial charge on any atom is -0.493 e. The van der Waals surface area contributed by atoms with E-state index in [4.69, 9.17) is 14.2 Å². The number of hydrogen-bond acceptors (Lipinski definition) is 4. The lowest BCUT2D eigenvalue weighted by Gasteiger charge is -2.29. The maximum Gasteiger partial charge on any atom is 0.246 e. The van der Waals surface area contributed by atoms with E-state index < -0.39 is 0 Å². The summed E-state index contributed by atoms with van der Waals surface area (Å²) in [6, 6.07) is 8.21. The van der Waals surface area contributed by atoms with Gasteiger partial charge in [-0.1, -0.05) is 6.07 Å². The normalized spacial score (nSPS) is 18.4. The first kappa shape index (κ1) is 18.8. The van der Waals surface area contributed by atoms with Crippen LogP contribution in [0.4, 0.5) is 0 Å². The minimum absolute atomic E-state index is 0.350. The van der Waals surface area contributed by atoms with Crippen LogP contribution in [0.25, 0.3) is 28.2 Å². The quantitative estimate of drug-likeness (QED) is 0.495. The highest BCUT2D eigenvalue weighted by atomic mass is 16.5. The molecule has 1 saturated heterocycles. The van der Waals surface area contributed by atoms with E-state index in [0.717, 1.165) is 63.8 Å². The van der Waals surface area contributed by atoms with Crippen LogP contribution in [0.5, 0.6) is 23.0 Å². The fourth-order valence-corrected chi connectivity index (χ4v) is 4.99. The molecule has 3 aliphatic rings. The van der Waals surface area contributed by atoms with Crippen molar-refractivity contribution in [2.75, 3.05) is 26.7 Å². The van der Waals surface area contributed by atoms with Crippen molar-refractivity contribution < 1.29 is 18.9 Å². The summed E-state index contributed by atoms with van der Waals surface area (Å²) in [5.41, 5.74) is 3.85. The van der Waals surface area contributed by atoms with E-state index in [0.29, 0.717) is 0 Å². The summed E-state index contributed by atoms with van der Waals surface area (Å²) in [6.07, 6.45) is 6.82. The predicted molar refractivity (Wildman–Crippen MR) is 120 cm³/mol. The van der Waals surface area contributed by atoms with Gasteiger partial charge in [0.25, 0.3) is 0 Å². The molecule has 0 atom stereocenters. The number of benzene rings is 2. The Kier molecular flexibility index (Phi) is 4.09. The van der Waals surface area contributed by atoms with Crippen LogP contribution in [0.1, 0.15) is 32.3 Å². The van der Waals surface area contributed by atoms with Crippen molar-refractivity contribution in [1.82, 2.24) is 10.00 Å². The van der Waals surface area contributed by atoms with E-state index >= 15 is 0 Å². The molecule has 0 radical (unpaired) electrons. The third kappa shape index (κ3) is 2.92. The van der Waals surface area contributed by atoms with Gasteiger partial charge in [-0.3, -0.25) is 4.90 Å². The van der Waals surface area contributed by atoms with E-state index in [1.54, 1.807) is 7.11 Å². The van der Waals surface area contributed by atoms with E-state index in [1.807, 2.05) is 12.1 Å². The van der Waals surface area contributed by atoms with Crippen molar-refractivity contribution in [2.24, 2.45) is 0 Å². The lowest BCUT2D eigenvalue weighted by molar-refractivity contribution is -0.725. The van der Waals surface area contributed by atoms with Gasteiger partial charge in [0.2, 0.25) is 5.52 Å². The number of aromatic amines is 1. The molecule has 0 aliphatic carbocycles. The lowest BCUT2D eigenvalue weighted by atomic mass is 9.96. The Morgan fingerprint density at radius 3 is 2.84 bits per heavy atom. The Morgan fingerprint density at radius 2 is 2.03 bits per heavy atom. The number of aromatic nitrogens is 2. The highest BCUT2D eigenvalue weighted by molar-refractivity contribution is 6.03. The number of H-pyrrole nitrogens is 1. The topological polar surface area (TPSA) is 50.6 Å². The van der Waals surface area contributed by atoms with Gasteiger partial charge >= 0.3 is 0 Å². The molecule has 0 bridgehead atoms. The third-order valence-corrected chi connectivity index (χ3v) is 6.58. The molecule has 2 aromatic carbocycles. The van der Waals surface area contributed by atoms with Gasteiger partial charge in [-0.25, -0.2) is 0 Å². The van der Waals surface area contributed by atoms with Gasteiger partial charge in [-0.05, 0) is 64.1 Å². The molecule has 6 rings (SSSR count). The maximum atomic E-state index is 6.53. The molecule has 1 N–H and O–H groups in total. The second-order valence-corrected chi connectivity index (χ2v) is 9.18.